The van der Waals surface area contributed by atoms with Crippen molar-refractivity contribution in [2.75, 3.05) is 6.54 Å². The van der Waals surface area contributed by atoms with Crippen LogP contribution in [0, 0.1) is 0 Å². The highest BCUT2D eigenvalue weighted by Gasteiger charge is 2.29. The molecule has 1 atom stereocenters. The second kappa shape index (κ2) is 6.75. The van der Waals surface area contributed by atoms with E-state index in [0.717, 1.165) is 38.0 Å². The van der Waals surface area contributed by atoms with Crippen molar-refractivity contribution in [1.82, 2.24) is 19.2 Å². The average molecular weight is 336 g/mol. The fourth-order valence-corrected chi connectivity index (χ4v) is 3.97. The number of carbonyl (C=O) groups excluding carboxylic acids is 1. The monoisotopic (exact) mass is 336 g/mol. The van der Waals surface area contributed by atoms with E-state index in [1.165, 1.54) is 10.9 Å². The predicted octanol–water partition coefficient (Wildman–Crippen LogP) is 3.09. The van der Waals surface area contributed by atoms with Gasteiger partial charge >= 0.3 is 0 Å². The summed E-state index contributed by atoms with van der Waals surface area (Å²) in [5, 5.41) is 5.48. The van der Waals surface area contributed by atoms with Crippen molar-refractivity contribution >= 4 is 16.8 Å². The SMILES string of the molecule is CCn1cc(CC(=O)N2CCC[C@@H]2Cn2cccn2)c2ccccc21. The highest BCUT2D eigenvalue weighted by molar-refractivity contribution is 5.89. The van der Waals surface area contributed by atoms with Crippen molar-refractivity contribution in [2.45, 2.75) is 45.3 Å². The summed E-state index contributed by atoms with van der Waals surface area (Å²) in [6.45, 7) is 4.70. The van der Waals surface area contributed by atoms with Crippen LogP contribution >= 0.6 is 0 Å². The molecule has 2 aromatic heterocycles. The first-order chi connectivity index (χ1) is 12.3. The first-order valence-electron chi connectivity index (χ1n) is 9.10. The molecule has 1 saturated heterocycles. The molecule has 25 heavy (non-hydrogen) atoms. The van der Waals surface area contributed by atoms with Gasteiger partial charge in [0.25, 0.3) is 0 Å². The third kappa shape index (κ3) is 3.06. The number of amides is 1. The molecule has 1 amide bonds. The molecule has 0 bridgehead atoms. The number of carbonyl (C=O) groups is 1. The van der Waals surface area contributed by atoms with E-state index in [1.807, 2.05) is 23.0 Å². The Labute approximate surface area is 147 Å². The van der Waals surface area contributed by atoms with Gasteiger partial charge in [0.15, 0.2) is 0 Å². The second-order valence-electron chi connectivity index (χ2n) is 6.75. The number of nitrogens with zero attached hydrogens (tertiary/aromatic N) is 4. The maximum absolute atomic E-state index is 13.0. The standard InChI is InChI=1S/C20H24N4O/c1-2-22-14-16(18-8-3-4-9-19(18)22)13-20(25)24-12-5-7-17(24)15-23-11-6-10-21-23/h3-4,6,8-11,14,17H,2,5,7,12-13,15H2,1H3/t17-/m1/s1. The maximum Gasteiger partial charge on any atom is 0.227 e. The molecule has 1 fully saturated rings. The molecule has 3 heterocycles. The number of aromatic nitrogens is 3. The Bertz CT molecular complexity index is 865. The largest absolute Gasteiger partial charge is 0.347 e. The van der Waals surface area contributed by atoms with E-state index in [9.17, 15) is 4.79 Å². The summed E-state index contributed by atoms with van der Waals surface area (Å²) in [4.78, 5) is 15.0. The van der Waals surface area contributed by atoms with Gasteiger partial charge in [-0.15, -0.1) is 0 Å². The van der Waals surface area contributed by atoms with Crippen molar-refractivity contribution in [3.63, 3.8) is 0 Å². The van der Waals surface area contributed by atoms with Crippen LogP contribution in [0.25, 0.3) is 10.9 Å². The fourth-order valence-electron chi connectivity index (χ4n) is 3.97. The molecule has 0 unspecified atom stereocenters. The molecule has 4 rings (SSSR count). The number of likely N-dealkylation sites (tertiary alicyclic amines) is 1. The average Bonchev–Trinajstić information content (AvgIpc) is 3.36. The van der Waals surface area contributed by atoms with Crippen molar-refractivity contribution in [3.8, 4) is 0 Å². The van der Waals surface area contributed by atoms with Crippen LogP contribution in [0.1, 0.15) is 25.3 Å². The fraction of sp³-hybridized carbons (Fsp3) is 0.400. The Morgan fingerprint density at radius 3 is 2.96 bits per heavy atom. The van der Waals surface area contributed by atoms with Crippen LogP contribution in [0.15, 0.2) is 48.9 Å². The van der Waals surface area contributed by atoms with Crippen molar-refractivity contribution in [2.24, 2.45) is 0 Å². The van der Waals surface area contributed by atoms with E-state index in [1.54, 1.807) is 6.20 Å². The molecule has 0 radical (unpaired) electrons. The van der Waals surface area contributed by atoms with Gasteiger partial charge in [-0.2, -0.15) is 5.10 Å². The molecular weight excluding hydrogens is 312 g/mol. The van der Waals surface area contributed by atoms with Crippen LogP contribution in [0.4, 0.5) is 0 Å². The Kier molecular flexibility index (Phi) is 4.30. The van der Waals surface area contributed by atoms with Gasteiger partial charge in [0.2, 0.25) is 5.91 Å². The van der Waals surface area contributed by atoms with Gasteiger partial charge in [0.05, 0.1) is 19.0 Å². The number of benzene rings is 1. The minimum atomic E-state index is 0.230. The van der Waals surface area contributed by atoms with Crippen molar-refractivity contribution in [3.05, 3.63) is 54.5 Å². The number of rotatable bonds is 5. The zero-order chi connectivity index (χ0) is 17.2. The summed E-state index contributed by atoms with van der Waals surface area (Å²) in [7, 11) is 0. The summed E-state index contributed by atoms with van der Waals surface area (Å²) in [6.07, 6.45) is 8.51. The molecule has 1 aliphatic rings. The lowest BCUT2D eigenvalue weighted by molar-refractivity contribution is -0.131. The lowest BCUT2D eigenvalue weighted by Crippen LogP contribution is -2.39. The molecule has 0 saturated carbocycles. The van der Waals surface area contributed by atoms with Gasteiger partial charge < -0.3 is 9.47 Å². The maximum atomic E-state index is 13.0. The lowest BCUT2D eigenvalue weighted by atomic mass is 10.1. The lowest BCUT2D eigenvalue weighted by Gasteiger charge is -2.24. The predicted molar refractivity (Wildman–Crippen MR) is 98.3 cm³/mol. The number of hydrogen-bond donors (Lipinski definition) is 0. The van der Waals surface area contributed by atoms with Gasteiger partial charge in [0, 0.05) is 42.6 Å². The summed E-state index contributed by atoms with van der Waals surface area (Å²) >= 11 is 0. The zero-order valence-electron chi connectivity index (χ0n) is 14.6. The van der Waals surface area contributed by atoms with Crippen LogP contribution < -0.4 is 0 Å². The second-order valence-corrected chi connectivity index (χ2v) is 6.75. The molecule has 130 valence electrons. The quantitative estimate of drug-likeness (QED) is 0.718. The van der Waals surface area contributed by atoms with Gasteiger partial charge in [-0.25, -0.2) is 0 Å². The van der Waals surface area contributed by atoms with Gasteiger partial charge in [-0.3, -0.25) is 9.48 Å². The van der Waals surface area contributed by atoms with E-state index >= 15 is 0 Å². The third-order valence-corrected chi connectivity index (χ3v) is 5.21. The molecule has 5 nitrogen and oxygen atoms in total. The summed E-state index contributed by atoms with van der Waals surface area (Å²) < 4.78 is 4.16. The van der Waals surface area contributed by atoms with Crippen LogP contribution in [-0.2, 0) is 24.3 Å². The minimum absolute atomic E-state index is 0.230. The molecule has 1 aromatic carbocycles. The highest BCUT2D eigenvalue weighted by atomic mass is 16.2. The van der Waals surface area contributed by atoms with E-state index in [-0.39, 0.29) is 11.9 Å². The first kappa shape index (κ1) is 15.9. The van der Waals surface area contributed by atoms with Gasteiger partial charge in [-0.1, -0.05) is 18.2 Å². The van der Waals surface area contributed by atoms with Crippen LogP contribution in [0.2, 0.25) is 0 Å². The van der Waals surface area contributed by atoms with E-state index < -0.39 is 0 Å². The Hall–Kier alpha value is -2.56. The van der Waals surface area contributed by atoms with Crippen LogP contribution in [0.3, 0.4) is 0 Å². The van der Waals surface area contributed by atoms with Crippen molar-refractivity contribution in [1.29, 1.82) is 0 Å². The smallest absolute Gasteiger partial charge is 0.227 e. The van der Waals surface area contributed by atoms with E-state index in [2.05, 4.69) is 45.9 Å². The third-order valence-electron chi connectivity index (χ3n) is 5.21. The minimum Gasteiger partial charge on any atom is -0.347 e. The topological polar surface area (TPSA) is 43.1 Å². The van der Waals surface area contributed by atoms with Crippen molar-refractivity contribution < 1.29 is 4.79 Å². The molecular formula is C20H24N4O. The van der Waals surface area contributed by atoms with Crippen LogP contribution in [0.5, 0.6) is 0 Å². The number of fused-ring (bicyclic) bond motifs is 1. The molecule has 0 N–H and O–H groups in total. The first-order valence-corrected chi connectivity index (χ1v) is 9.10. The highest BCUT2D eigenvalue weighted by Crippen LogP contribution is 2.25. The van der Waals surface area contributed by atoms with E-state index in [4.69, 9.17) is 0 Å². The zero-order valence-corrected chi connectivity index (χ0v) is 14.6. The summed E-state index contributed by atoms with van der Waals surface area (Å²) in [5.74, 6) is 0.230. The van der Waals surface area contributed by atoms with E-state index in [0.29, 0.717) is 6.42 Å². The van der Waals surface area contributed by atoms with Gasteiger partial charge in [0.1, 0.15) is 0 Å². The number of hydrogen-bond acceptors (Lipinski definition) is 2. The van der Waals surface area contributed by atoms with Gasteiger partial charge in [-0.05, 0) is 37.5 Å². The summed E-state index contributed by atoms with van der Waals surface area (Å²) in [5.41, 5.74) is 2.34. The molecule has 1 aliphatic heterocycles. The number of para-hydroxylation sites is 1. The molecule has 0 spiro atoms. The number of aryl methyl sites for hydroxylation is 1. The molecule has 3 aromatic rings. The summed E-state index contributed by atoms with van der Waals surface area (Å²) in [6, 6.07) is 10.5. The molecule has 5 heteroatoms. The Balaban J connectivity index is 1.53. The Morgan fingerprint density at radius 1 is 1.28 bits per heavy atom. The van der Waals surface area contributed by atoms with Crippen LogP contribution in [-0.4, -0.2) is 37.7 Å². The normalized spacial score (nSPS) is 17.5. The molecule has 0 aliphatic carbocycles. The Morgan fingerprint density at radius 2 is 2.16 bits per heavy atom.